The molecule has 0 atom stereocenters. The van der Waals surface area contributed by atoms with E-state index in [1.165, 1.54) is 11.4 Å². The summed E-state index contributed by atoms with van der Waals surface area (Å²) in [5.41, 5.74) is 0. The summed E-state index contributed by atoms with van der Waals surface area (Å²) in [7, 11) is -1.63. The largest absolute Gasteiger partial charge is 0.384 e. The molecular formula is C9H20BrNO3S. The van der Waals surface area contributed by atoms with Crippen LogP contribution >= 0.6 is 15.9 Å². The van der Waals surface area contributed by atoms with E-state index in [-0.39, 0.29) is 12.4 Å². The van der Waals surface area contributed by atoms with Crippen LogP contribution < -0.4 is 0 Å². The molecule has 0 saturated carbocycles. The third-order valence-electron chi connectivity index (χ3n) is 2.03. The lowest BCUT2D eigenvalue weighted by Gasteiger charge is -2.20. The van der Waals surface area contributed by atoms with Crippen molar-refractivity contribution < 1.29 is 13.2 Å². The molecule has 0 aromatic carbocycles. The number of alkyl halides is 1. The van der Waals surface area contributed by atoms with Crippen LogP contribution in [-0.2, 0) is 14.8 Å². The fraction of sp³-hybridized carbons (Fsp3) is 1.00. The van der Waals surface area contributed by atoms with Crippen molar-refractivity contribution in [2.45, 2.75) is 19.8 Å². The summed E-state index contributed by atoms with van der Waals surface area (Å²) >= 11 is 3.27. The zero-order valence-corrected chi connectivity index (χ0v) is 11.8. The maximum absolute atomic E-state index is 11.8. The lowest BCUT2D eigenvalue weighted by molar-refractivity contribution is 0.215. The molecule has 15 heavy (non-hydrogen) atoms. The summed E-state index contributed by atoms with van der Waals surface area (Å²) in [6, 6.07) is 0. The third kappa shape index (κ3) is 6.50. The summed E-state index contributed by atoms with van der Waals surface area (Å²) in [4.78, 5) is 0. The second-order valence-corrected chi connectivity index (χ2v) is 6.13. The normalized spacial score (nSPS) is 12.3. The number of sulfonamides is 1. The molecule has 0 aliphatic rings. The minimum atomic E-state index is -3.14. The molecule has 0 fully saturated rings. The van der Waals surface area contributed by atoms with Gasteiger partial charge in [-0.15, -0.1) is 0 Å². The number of methoxy groups -OCH3 is 1. The van der Waals surface area contributed by atoms with Gasteiger partial charge in [-0.05, 0) is 6.42 Å². The lowest BCUT2D eigenvalue weighted by atomic mass is 10.3. The van der Waals surface area contributed by atoms with Crippen molar-refractivity contribution in [1.82, 2.24) is 4.31 Å². The van der Waals surface area contributed by atoms with Gasteiger partial charge in [0.15, 0.2) is 0 Å². The standard InChI is InChI=1S/C9H20BrNO3S/c1-3-4-6-11(7-5-10)15(12,13)9-8-14-2/h3-9H2,1-2H3. The van der Waals surface area contributed by atoms with Gasteiger partial charge in [0.25, 0.3) is 0 Å². The first-order valence-electron chi connectivity index (χ1n) is 5.11. The molecule has 0 rings (SSSR count). The average molecular weight is 302 g/mol. The van der Waals surface area contributed by atoms with E-state index in [0.717, 1.165) is 12.8 Å². The van der Waals surface area contributed by atoms with Crippen molar-refractivity contribution in [1.29, 1.82) is 0 Å². The molecule has 4 nitrogen and oxygen atoms in total. The highest BCUT2D eigenvalue weighted by molar-refractivity contribution is 9.09. The van der Waals surface area contributed by atoms with Gasteiger partial charge in [0, 0.05) is 25.5 Å². The first-order chi connectivity index (χ1) is 7.08. The lowest BCUT2D eigenvalue weighted by Crippen LogP contribution is -2.36. The number of ether oxygens (including phenoxy) is 1. The molecule has 0 unspecified atom stereocenters. The van der Waals surface area contributed by atoms with E-state index in [4.69, 9.17) is 4.74 Å². The number of hydrogen-bond donors (Lipinski definition) is 0. The molecule has 6 heteroatoms. The summed E-state index contributed by atoms with van der Waals surface area (Å²) in [5, 5.41) is 0.670. The summed E-state index contributed by atoms with van der Waals surface area (Å²) in [6.07, 6.45) is 1.90. The van der Waals surface area contributed by atoms with E-state index in [1.54, 1.807) is 0 Å². The Hall–Kier alpha value is 0.350. The first kappa shape index (κ1) is 15.3. The quantitative estimate of drug-likeness (QED) is 0.606. The molecular weight excluding hydrogens is 282 g/mol. The molecule has 0 N–H and O–H groups in total. The average Bonchev–Trinajstić information content (AvgIpc) is 2.21. The van der Waals surface area contributed by atoms with E-state index >= 15 is 0 Å². The Morgan fingerprint density at radius 1 is 1.33 bits per heavy atom. The third-order valence-corrected chi connectivity index (χ3v) is 4.22. The summed E-state index contributed by atoms with van der Waals surface area (Å²) in [6.45, 7) is 3.45. The van der Waals surface area contributed by atoms with Gasteiger partial charge in [0.05, 0.1) is 12.4 Å². The Morgan fingerprint density at radius 2 is 2.00 bits per heavy atom. The minimum Gasteiger partial charge on any atom is -0.384 e. The number of nitrogens with zero attached hydrogens (tertiary/aromatic N) is 1. The predicted molar refractivity (Wildman–Crippen MR) is 65.9 cm³/mol. The molecule has 0 spiro atoms. The molecule has 0 amide bonds. The molecule has 0 aliphatic carbocycles. The maximum Gasteiger partial charge on any atom is 0.216 e. The van der Waals surface area contributed by atoms with Gasteiger partial charge in [0.2, 0.25) is 10.0 Å². The van der Waals surface area contributed by atoms with Gasteiger partial charge in [-0.25, -0.2) is 12.7 Å². The predicted octanol–water partition coefficient (Wildman–Crippen LogP) is 1.46. The Labute approximate surface area is 101 Å². The highest BCUT2D eigenvalue weighted by atomic mass is 79.9. The highest BCUT2D eigenvalue weighted by Crippen LogP contribution is 2.05. The first-order valence-corrected chi connectivity index (χ1v) is 7.84. The second kappa shape index (κ2) is 8.50. The molecule has 0 aromatic rings. The highest BCUT2D eigenvalue weighted by Gasteiger charge is 2.20. The number of halogens is 1. The Bertz CT molecular complexity index is 244. The zero-order chi connectivity index (χ0) is 11.7. The topological polar surface area (TPSA) is 46.6 Å². The molecule has 0 aromatic heterocycles. The van der Waals surface area contributed by atoms with Crippen LogP contribution in [0.3, 0.4) is 0 Å². The SMILES string of the molecule is CCCCN(CCBr)S(=O)(=O)CCOC. The number of rotatable bonds is 9. The van der Waals surface area contributed by atoms with Crippen LogP contribution in [-0.4, -0.2) is 50.6 Å². The van der Waals surface area contributed by atoms with Crippen LogP contribution in [0.15, 0.2) is 0 Å². The Morgan fingerprint density at radius 3 is 2.47 bits per heavy atom. The van der Waals surface area contributed by atoms with Gasteiger partial charge in [-0.3, -0.25) is 0 Å². The van der Waals surface area contributed by atoms with E-state index in [2.05, 4.69) is 15.9 Å². The molecule has 0 aliphatic heterocycles. The number of unbranched alkanes of at least 4 members (excludes halogenated alkanes) is 1. The van der Waals surface area contributed by atoms with Crippen LogP contribution in [0, 0.1) is 0 Å². The molecule has 0 bridgehead atoms. The molecule has 0 radical (unpaired) electrons. The van der Waals surface area contributed by atoms with Gasteiger partial charge in [-0.1, -0.05) is 29.3 Å². The van der Waals surface area contributed by atoms with E-state index in [0.29, 0.717) is 18.4 Å². The van der Waals surface area contributed by atoms with Crippen LogP contribution in [0.2, 0.25) is 0 Å². The molecule has 92 valence electrons. The fourth-order valence-corrected chi connectivity index (χ4v) is 3.21. The minimum absolute atomic E-state index is 0.0697. The monoisotopic (exact) mass is 301 g/mol. The fourth-order valence-electron chi connectivity index (χ4n) is 1.14. The van der Waals surface area contributed by atoms with Crippen molar-refractivity contribution in [2.24, 2.45) is 0 Å². The smallest absolute Gasteiger partial charge is 0.216 e. The zero-order valence-electron chi connectivity index (χ0n) is 9.41. The second-order valence-electron chi connectivity index (χ2n) is 3.25. The van der Waals surface area contributed by atoms with Crippen LogP contribution in [0.4, 0.5) is 0 Å². The maximum atomic E-state index is 11.8. The van der Waals surface area contributed by atoms with Gasteiger partial charge >= 0.3 is 0 Å². The molecule has 0 heterocycles. The van der Waals surface area contributed by atoms with Gasteiger partial charge in [-0.2, -0.15) is 0 Å². The van der Waals surface area contributed by atoms with Gasteiger partial charge in [0.1, 0.15) is 0 Å². The van der Waals surface area contributed by atoms with E-state index in [1.807, 2.05) is 6.92 Å². The van der Waals surface area contributed by atoms with Crippen molar-refractivity contribution in [3.63, 3.8) is 0 Å². The Balaban J connectivity index is 4.30. The summed E-state index contributed by atoms with van der Waals surface area (Å²) < 4.78 is 29.9. The van der Waals surface area contributed by atoms with Crippen molar-refractivity contribution >= 4 is 26.0 Å². The van der Waals surface area contributed by atoms with Crippen LogP contribution in [0.1, 0.15) is 19.8 Å². The molecule has 0 saturated heterocycles. The Kier molecular flexibility index (Phi) is 8.69. The van der Waals surface area contributed by atoms with Gasteiger partial charge < -0.3 is 4.74 Å². The van der Waals surface area contributed by atoms with Crippen molar-refractivity contribution in [3.05, 3.63) is 0 Å². The van der Waals surface area contributed by atoms with Crippen LogP contribution in [0.25, 0.3) is 0 Å². The number of hydrogen-bond acceptors (Lipinski definition) is 3. The summed E-state index contributed by atoms with van der Waals surface area (Å²) in [5.74, 6) is 0.0697. The van der Waals surface area contributed by atoms with E-state index < -0.39 is 10.0 Å². The van der Waals surface area contributed by atoms with Crippen molar-refractivity contribution in [2.75, 3.05) is 37.9 Å². The van der Waals surface area contributed by atoms with E-state index in [9.17, 15) is 8.42 Å². The van der Waals surface area contributed by atoms with Crippen molar-refractivity contribution in [3.8, 4) is 0 Å². The van der Waals surface area contributed by atoms with Crippen LogP contribution in [0.5, 0.6) is 0 Å².